The molecule has 7 nitrogen and oxygen atoms in total. The van der Waals surface area contributed by atoms with Crippen molar-refractivity contribution in [2.75, 3.05) is 12.4 Å². The lowest BCUT2D eigenvalue weighted by Gasteiger charge is -2.16. The number of nitrogens with zero attached hydrogens (tertiary/aromatic N) is 2. The van der Waals surface area contributed by atoms with Crippen LogP contribution >= 0.6 is 11.8 Å². The minimum atomic E-state index is -0.456. The molecule has 0 radical (unpaired) electrons. The van der Waals surface area contributed by atoms with Crippen molar-refractivity contribution in [2.24, 2.45) is 15.9 Å². The summed E-state index contributed by atoms with van der Waals surface area (Å²) in [5.74, 6) is -0.179. The van der Waals surface area contributed by atoms with Gasteiger partial charge in [0.1, 0.15) is 5.76 Å². The van der Waals surface area contributed by atoms with E-state index in [4.69, 9.17) is 9.52 Å². The number of hydrogen-bond donors (Lipinski definition) is 2. The van der Waals surface area contributed by atoms with Gasteiger partial charge >= 0.3 is 0 Å². The molecule has 118 valence electrons. The third kappa shape index (κ3) is 4.54. The van der Waals surface area contributed by atoms with Crippen LogP contribution in [0.1, 0.15) is 19.1 Å². The van der Waals surface area contributed by atoms with Gasteiger partial charge in [0.15, 0.2) is 5.17 Å². The van der Waals surface area contributed by atoms with Crippen molar-refractivity contribution in [1.29, 1.82) is 0 Å². The van der Waals surface area contributed by atoms with Gasteiger partial charge in [-0.2, -0.15) is 4.99 Å². The number of aliphatic hydroxyl groups excluding tert-OH is 1. The second kappa shape index (κ2) is 7.90. The fourth-order valence-electron chi connectivity index (χ4n) is 1.91. The number of nitrogens with one attached hydrogen (secondary N) is 1. The first-order chi connectivity index (χ1) is 10.6. The van der Waals surface area contributed by atoms with Crippen molar-refractivity contribution in [2.45, 2.75) is 19.9 Å². The van der Waals surface area contributed by atoms with Gasteiger partial charge in [-0.05, 0) is 25.5 Å². The zero-order valence-electron chi connectivity index (χ0n) is 12.1. The van der Waals surface area contributed by atoms with Gasteiger partial charge in [0.2, 0.25) is 5.91 Å². The zero-order chi connectivity index (χ0) is 15.9. The zero-order valence-corrected chi connectivity index (χ0v) is 12.9. The summed E-state index contributed by atoms with van der Waals surface area (Å²) in [6, 6.07) is 3.52. The van der Waals surface area contributed by atoms with E-state index in [-0.39, 0.29) is 29.3 Å². The number of rotatable bonds is 6. The summed E-state index contributed by atoms with van der Waals surface area (Å²) < 4.78 is 5.11. The Hall–Kier alpha value is -1.93. The van der Waals surface area contributed by atoms with E-state index in [2.05, 4.69) is 15.3 Å². The quantitative estimate of drug-likeness (QED) is 0.812. The maximum absolute atomic E-state index is 11.8. The van der Waals surface area contributed by atoms with Crippen LogP contribution in [0.3, 0.4) is 0 Å². The molecular formula is C14H17N3O4S. The molecule has 22 heavy (non-hydrogen) atoms. The van der Waals surface area contributed by atoms with Gasteiger partial charge in [-0.3, -0.25) is 9.59 Å². The normalized spacial score (nSPS) is 17.9. The maximum Gasteiger partial charge on any atom is 0.257 e. The fourth-order valence-corrected chi connectivity index (χ4v) is 2.64. The summed E-state index contributed by atoms with van der Waals surface area (Å²) in [7, 11) is 0. The number of amidine groups is 1. The molecule has 0 spiro atoms. The molecule has 1 atom stereocenters. The molecule has 2 heterocycles. The molecule has 0 aliphatic carbocycles. The van der Waals surface area contributed by atoms with Crippen molar-refractivity contribution >= 4 is 34.5 Å². The Balaban J connectivity index is 1.80. The maximum atomic E-state index is 11.8. The predicted octanol–water partition coefficient (Wildman–Crippen LogP) is 0.985. The second-order valence-electron chi connectivity index (χ2n) is 4.70. The number of hydrogen-bond acceptors (Lipinski definition) is 6. The molecule has 0 bridgehead atoms. The third-order valence-electron chi connectivity index (χ3n) is 3.07. The van der Waals surface area contributed by atoms with E-state index in [0.717, 1.165) is 11.8 Å². The molecule has 1 aliphatic rings. The Morgan fingerprint density at radius 3 is 2.95 bits per heavy atom. The van der Waals surface area contributed by atoms with Crippen LogP contribution in [-0.2, 0) is 16.1 Å². The molecule has 8 heteroatoms. The summed E-state index contributed by atoms with van der Waals surface area (Å²) in [6.45, 7) is 1.96. The van der Waals surface area contributed by atoms with Gasteiger partial charge in [-0.1, -0.05) is 11.8 Å². The fraction of sp³-hybridized carbons (Fsp3) is 0.429. The van der Waals surface area contributed by atoms with E-state index >= 15 is 0 Å². The molecule has 0 fully saturated rings. The highest BCUT2D eigenvalue weighted by Crippen LogP contribution is 2.18. The Morgan fingerprint density at radius 2 is 2.32 bits per heavy atom. The topological polar surface area (TPSA) is 104 Å². The number of carbonyl (C=O) groups excluding carboxylic acids is 2. The van der Waals surface area contributed by atoms with E-state index in [0.29, 0.717) is 24.4 Å². The monoisotopic (exact) mass is 323 g/mol. The minimum Gasteiger partial charge on any atom is -0.467 e. The molecule has 2 rings (SSSR count). The Kier molecular flexibility index (Phi) is 5.91. The number of furan rings is 1. The van der Waals surface area contributed by atoms with Gasteiger partial charge in [0.05, 0.1) is 24.5 Å². The molecule has 0 aromatic carbocycles. The first-order valence-corrected chi connectivity index (χ1v) is 7.79. The van der Waals surface area contributed by atoms with Crippen LogP contribution in [0.15, 0.2) is 32.8 Å². The highest BCUT2D eigenvalue weighted by atomic mass is 32.2. The van der Waals surface area contributed by atoms with E-state index in [1.54, 1.807) is 25.3 Å². The average molecular weight is 323 g/mol. The second-order valence-corrected chi connectivity index (χ2v) is 5.64. The minimum absolute atomic E-state index is 0.0869. The Labute approximate surface area is 131 Å². The summed E-state index contributed by atoms with van der Waals surface area (Å²) in [4.78, 5) is 31.6. The van der Waals surface area contributed by atoms with Gasteiger partial charge in [0, 0.05) is 12.3 Å². The lowest BCUT2D eigenvalue weighted by molar-refractivity contribution is -0.120. The summed E-state index contributed by atoms with van der Waals surface area (Å²) in [6.07, 6.45) is 1.86. The van der Waals surface area contributed by atoms with E-state index < -0.39 is 5.92 Å². The molecule has 1 aromatic rings. The number of carbonyl (C=O) groups is 2. The molecule has 0 saturated carbocycles. The Bertz CT molecular complexity index is 595. The van der Waals surface area contributed by atoms with Crippen molar-refractivity contribution in [3.63, 3.8) is 0 Å². The van der Waals surface area contributed by atoms with Gasteiger partial charge < -0.3 is 14.8 Å². The predicted molar refractivity (Wildman–Crippen MR) is 83.8 cm³/mol. The van der Waals surface area contributed by atoms with Crippen molar-refractivity contribution in [3.05, 3.63) is 24.2 Å². The van der Waals surface area contributed by atoms with E-state index in [1.807, 2.05) is 0 Å². The summed E-state index contributed by atoms with van der Waals surface area (Å²) >= 11 is 1.11. The summed E-state index contributed by atoms with van der Waals surface area (Å²) in [5.41, 5.74) is 0.618. The first kappa shape index (κ1) is 16.4. The summed E-state index contributed by atoms with van der Waals surface area (Å²) in [5, 5.41) is 11.9. The van der Waals surface area contributed by atoms with Crippen LogP contribution in [0.5, 0.6) is 0 Å². The lowest BCUT2D eigenvalue weighted by atomic mass is 9.99. The highest BCUT2D eigenvalue weighted by Gasteiger charge is 2.25. The van der Waals surface area contributed by atoms with Gasteiger partial charge in [0.25, 0.3) is 5.91 Å². The third-order valence-corrected chi connectivity index (χ3v) is 3.92. The van der Waals surface area contributed by atoms with Crippen molar-refractivity contribution in [1.82, 2.24) is 5.32 Å². The van der Waals surface area contributed by atoms with Crippen LogP contribution in [0.2, 0.25) is 0 Å². The van der Waals surface area contributed by atoms with E-state index in [9.17, 15) is 9.59 Å². The molecule has 0 saturated heterocycles. The number of amides is 2. The first-order valence-electron chi connectivity index (χ1n) is 6.80. The van der Waals surface area contributed by atoms with E-state index in [1.165, 1.54) is 0 Å². The molecule has 2 N–H and O–H groups in total. The number of aliphatic imine (C=N–C) groups is 2. The van der Waals surface area contributed by atoms with Crippen LogP contribution in [0, 0.1) is 5.92 Å². The molecule has 1 unspecified atom stereocenters. The molecular weight excluding hydrogens is 306 g/mol. The van der Waals surface area contributed by atoms with Crippen LogP contribution in [0.4, 0.5) is 0 Å². The SMILES string of the molecule is CC1=NC(SCC(=O)NCc2ccco2)=NC(=O)C1CCO. The average Bonchev–Trinajstić information content (AvgIpc) is 3.00. The van der Waals surface area contributed by atoms with Crippen LogP contribution in [-0.4, -0.2) is 40.2 Å². The van der Waals surface area contributed by atoms with Gasteiger partial charge in [-0.15, -0.1) is 0 Å². The molecule has 1 aromatic heterocycles. The number of thioether (sulfide) groups is 1. The largest absolute Gasteiger partial charge is 0.467 e. The van der Waals surface area contributed by atoms with Gasteiger partial charge in [-0.25, -0.2) is 4.99 Å². The van der Waals surface area contributed by atoms with Crippen molar-refractivity contribution in [3.8, 4) is 0 Å². The highest BCUT2D eigenvalue weighted by molar-refractivity contribution is 8.14. The number of aliphatic hydroxyl groups is 1. The lowest BCUT2D eigenvalue weighted by Crippen LogP contribution is -2.28. The van der Waals surface area contributed by atoms with Crippen molar-refractivity contribution < 1.29 is 19.1 Å². The smallest absolute Gasteiger partial charge is 0.257 e. The van der Waals surface area contributed by atoms with Crippen LogP contribution in [0.25, 0.3) is 0 Å². The molecule has 1 aliphatic heterocycles. The Morgan fingerprint density at radius 1 is 1.50 bits per heavy atom. The standard InChI is InChI=1S/C14H17N3O4S/c1-9-11(4-5-18)13(20)17-14(16-9)22-8-12(19)15-7-10-3-2-6-21-10/h2-3,6,11,18H,4-5,7-8H2,1H3,(H,15,19). The van der Waals surface area contributed by atoms with Crippen LogP contribution < -0.4 is 5.32 Å². The molecule has 2 amide bonds.